The van der Waals surface area contributed by atoms with Gasteiger partial charge < -0.3 is 10.1 Å². The molecule has 3 rings (SSSR count). The molecule has 0 aromatic heterocycles. The Morgan fingerprint density at radius 1 is 1.16 bits per heavy atom. The fourth-order valence-electron chi connectivity index (χ4n) is 3.78. The van der Waals surface area contributed by atoms with Crippen molar-refractivity contribution in [2.75, 3.05) is 32.0 Å². The first kappa shape index (κ1) is 24.6. The van der Waals surface area contributed by atoms with E-state index >= 15 is 0 Å². The summed E-state index contributed by atoms with van der Waals surface area (Å²) < 4.78 is 32.4. The summed E-state index contributed by atoms with van der Waals surface area (Å²) in [4.78, 5) is 12.4. The molecule has 1 aliphatic heterocycles. The molecule has 1 heterocycles. The van der Waals surface area contributed by atoms with Crippen LogP contribution in [0.15, 0.2) is 48.5 Å². The summed E-state index contributed by atoms with van der Waals surface area (Å²) in [6.45, 7) is 3.45. The second-order valence-electron chi connectivity index (χ2n) is 8.13. The van der Waals surface area contributed by atoms with E-state index in [1.54, 1.807) is 6.07 Å². The zero-order valence-electron chi connectivity index (χ0n) is 18.4. The van der Waals surface area contributed by atoms with Gasteiger partial charge in [0.2, 0.25) is 15.9 Å². The van der Waals surface area contributed by atoms with Crippen LogP contribution in [-0.4, -0.2) is 50.6 Å². The lowest BCUT2D eigenvalue weighted by molar-refractivity contribution is -0.126. The number of nitrogens with one attached hydrogen (secondary N) is 1. The minimum absolute atomic E-state index is 0.0448. The Morgan fingerprint density at radius 2 is 1.88 bits per heavy atom. The van der Waals surface area contributed by atoms with E-state index in [0.29, 0.717) is 56.3 Å². The maximum Gasteiger partial charge on any atom is 0.223 e. The molecule has 0 saturated carbocycles. The van der Waals surface area contributed by atoms with Crippen LogP contribution in [0.3, 0.4) is 0 Å². The van der Waals surface area contributed by atoms with Crippen LogP contribution in [0.2, 0.25) is 5.02 Å². The summed E-state index contributed by atoms with van der Waals surface area (Å²) in [7, 11) is -3.29. The second-order valence-corrected chi connectivity index (χ2v) is 10.6. The molecule has 6 nitrogen and oxygen atoms in total. The van der Waals surface area contributed by atoms with Crippen LogP contribution in [0, 0.1) is 12.8 Å². The number of carbonyl (C=O) groups is 1. The number of piperidine rings is 1. The van der Waals surface area contributed by atoms with E-state index in [4.69, 9.17) is 16.3 Å². The lowest BCUT2D eigenvalue weighted by atomic mass is 9.97. The fraction of sp³-hybridized carbons (Fsp3) is 0.458. The van der Waals surface area contributed by atoms with E-state index < -0.39 is 10.0 Å². The quantitative estimate of drug-likeness (QED) is 0.527. The summed E-state index contributed by atoms with van der Waals surface area (Å²) in [6, 6.07) is 15.4. The van der Waals surface area contributed by atoms with Crippen LogP contribution in [0.4, 0.5) is 0 Å². The predicted molar refractivity (Wildman–Crippen MR) is 128 cm³/mol. The van der Waals surface area contributed by atoms with Crippen molar-refractivity contribution in [3.05, 3.63) is 64.7 Å². The molecule has 0 spiro atoms. The molecule has 0 atom stereocenters. The van der Waals surface area contributed by atoms with E-state index in [2.05, 4.69) is 5.32 Å². The molecule has 2 aromatic rings. The third-order valence-corrected chi connectivity index (χ3v) is 8.11. The van der Waals surface area contributed by atoms with Gasteiger partial charge in [0.05, 0.1) is 12.3 Å². The van der Waals surface area contributed by atoms with Gasteiger partial charge in [-0.25, -0.2) is 12.7 Å². The van der Waals surface area contributed by atoms with Crippen LogP contribution < -0.4 is 10.1 Å². The first-order chi connectivity index (χ1) is 15.3. The van der Waals surface area contributed by atoms with Crippen LogP contribution in [-0.2, 0) is 21.2 Å². The Kier molecular flexibility index (Phi) is 8.96. The van der Waals surface area contributed by atoms with Crippen molar-refractivity contribution in [2.45, 2.75) is 32.6 Å². The number of amides is 1. The summed E-state index contributed by atoms with van der Waals surface area (Å²) in [5.74, 6) is 0.593. The monoisotopic (exact) mass is 478 g/mol. The van der Waals surface area contributed by atoms with Gasteiger partial charge in [0.25, 0.3) is 0 Å². The number of ether oxygens (including phenoxy) is 1. The Morgan fingerprint density at radius 3 is 2.56 bits per heavy atom. The molecule has 1 fully saturated rings. The highest BCUT2D eigenvalue weighted by Gasteiger charge is 2.30. The lowest BCUT2D eigenvalue weighted by Crippen LogP contribution is -2.44. The molecule has 1 amide bonds. The summed E-state index contributed by atoms with van der Waals surface area (Å²) in [6.07, 6.45) is 2.42. The molecule has 0 unspecified atom stereocenters. The maximum absolute atomic E-state index is 12.6. The first-order valence-corrected chi connectivity index (χ1v) is 13.0. The van der Waals surface area contributed by atoms with E-state index in [9.17, 15) is 13.2 Å². The number of halogens is 1. The number of carbonyl (C=O) groups excluding carboxylic acids is 1. The number of hydrogen-bond acceptors (Lipinski definition) is 4. The van der Waals surface area contributed by atoms with Crippen molar-refractivity contribution >= 4 is 27.5 Å². The molecular weight excluding hydrogens is 448 g/mol. The van der Waals surface area contributed by atoms with Gasteiger partial charge in [-0.1, -0.05) is 48.0 Å². The summed E-state index contributed by atoms with van der Waals surface area (Å²) >= 11 is 6.08. The van der Waals surface area contributed by atoms with Gasteiger partial charge >= 0.3 is 0 Å². The maximum atomic E-state index is 12.6. The van der Waals surface area contributed by atoms with Crippen molar-refractivity contribution in [1.29, 1.82) is 0 Å². The van der Waals surface area contributed by atoms with Crippen molar-refractivity contribution in [3.8, 4) is 5.75 Å². The Bertz CT molecular complexity index is 990. The molecule has 32 heavy (non-hydrogen) atoms. The molecule has 174 valence electrons. The van der Waals surface area contributed by atoms with Gasteiger partial charge in [-0.05, 0) is 55.9 Å². The van der Waals surface area contributed by atoms with E-state index in [1.807, 2.05) is 49.4 Å². The smallest absolute Gasteiger partial charge is 0.223 e. The highest BCUT2D eigenvalue weighted by atomic mass is 35.5. The first-order valence-electron chi connectivity index (χ1n) is 11.0. The average Bonchev–Trinajstić information content (AvgIpc) is 2.79. The van der Waals surface area contributed by atoms with Gasteiger partial charge in [0.1, 0.15) is 12.4 Å². The fourth-order valence-corrected chi connectivity index (χ4v) is 5.48. The number of nitrogens with zero attached hydrogens (tertiary/aromatic N) is 1. The zero-order valence-corrected chi connectivity index (χ0v) is 20.0. The predicted octanol–water partition coefficient (Wildman–Crippen LogP) is 3.82. The molecule has 0 radical (unpaired) electrons. The van der Waals surface area contributed by atoms with Gasteiger partial charge in [0, 0.05) is 24.0 Å². The Balaban J connectivity index is 1.34. The zero-order chi connectivity index (χ0) is 23.0. The highest BCUT2D eigenvalue weighted by molar-refractivity contribution is 7.89. The minimum Gasteiger partial charge on any atom is -0.492 e. The SMILES string of the molecule is Cc1ccc(OCCNC(=O)C2CCN(S(=O)(=O)CCCc3ccccc3)CC2)cc1Cl. The minimum atomic E-state index is -3.29. The highest BCUT2D eigenvalue weighted by Crippen LogP contribution is 2.22. The third-order valence-electron chi connectivity index (χ3n) is 5.74. The number of rotatable bonds is 10. The number of benzene rings is 2. The Hall–Kier alpha value is -2.09. The largest absolute Gasteiger partial charge is 0.492 e. The summed E-state index contributed by atoms with van der Waals surface area (Å²) in [5.41, 5.74) is 2.13. The van der Waals surface area contributed by atoms with Gasteiger partial charge in [-0.15, -0.1) is 0 Å². The Labute approximate surface area is 196 Å². The molecule has 1 N–H and O–H groups in total. The third kappa shape index (κ3) is 7.22. The van der Waals surface area contributed by atoms with Crippen molar-refractivity contribution in [2.24, 2.45) is 5.92 Å². The molecule has 2 aromatic carbocycles. The molecule has 0 bridgehead atoms. The van der Waals surface area contributed by atoms with E-state index in [0.717, 1.165) is 17.5 Å². The van der Waals surface area contributed by atoms with Crippen LogP contribution in [0.25, 0.3) is 0 Å². The van der Waals surface area contributed by atoms with E-state index in [1.165, 1.54) is 4.31 Å². The molecular formula is C24H31ClN2O4S. The molecule has 1 aliphatic rings. The normalized spacial score (nSPS) is 15.4. The van der Waals surface area contributed by atoms with Crippen LogP contribution in [0.5, 0.6) is 5.75 Å². The van der Waals surface area contributed by atoms with Crippen molar-refractivity contribution < 1.29 is 17.9 Å². The number of hydrogen-bond donors (Lipinski definition) is 1. The standard InChI is InChI=1S/C24H31ClN2O4S/c1-19-9-10-22(18-23(19)25)31-16-13-26-24(28)21-11-14-27(15-12-21)32(29,30)17-5-8-20-6-3-2-4-7-20/h2-4,6-7,9-10,18,21H,5,8,11-17H2,1H3,(H,26,28). The lowest BCUT2D eigenvalue weighted by Gasteiger charge is -2.30. The molecule has 1 saturated heterocycles. The number of aryl methyl sites for hydroxylation is 2. The van der Waals surface area contributed by atoms with Crippen molar-refractivity contribution in [1.82, 2.24) is 9.62 Å². The summed E-state index contributed by atoms with van der Waals surface area (Å²) in [5, 5.41) is 3.54. The van der Waals surface area contributed by atoms with Gasteiger partial charge in [-0.2, -0.15) is 0 Å². The molecule has 0 aliphatic carbocycles. The topological polar surface area (TPSA) is 75.7 Å². The van der Waals surface area contributed by atoms with Crippen LogP contribution >= 0.6 is 11.6 Å². The molecule has 8 heteroatoms. The number of sulfonamides is 1. The van der Waals surface area contributed by atoms with Gasteiger partial charge in [0.15, 0.2) is 0 Å². The van der Waals surface area contributed by atoms with Gasteiger partial charge in [-0.3, -0.25) is 4.79 Å². The second kappa shape index (κ2) is 11.7. The van der Waals surface area contributed by atoms with Crippen molar-refractivity contribution in [3.63, 3.8) is 0 Å². The van der Waals surface area contributed by atoms with Crippen LogP contribution in [0.1, 0.15) is 30.4 Å². The average molecular weight is 479 g/mol. The van der Waals surface area contributed by atoms with E-state index in [-0.39, 0.29) is 17.6 Å².